The zero-order valence-corrected chi connectivity index (χ0v) is 12.2. The molecule has 2 N–H and O–H groups in total. The zero-order valence-electron chi connectivity index (χ0n) is 12.2. The molecule has 106 valence electrons. The molecule has 3 heteroatoms. The summed E-state index contributed by atoms with van der Waals surface area (Å²) in [5, 5.41) is 9.50. The van der Waals surface area contributed by atoms with Gasteiger partial charge < -0.3 is 10.6 Å². The van der Waals surface area contributed by atoms with Crippen molar-refractivity contribution in [2.45, 2.75) is 26.2 Å². The van der Waals surface area contributed by atoms with Crippen molar-refractivity contribution in [3.05, 3.63) is 36.0 Å². The molecule has 0 unspecified atom stereocenters. The maximum atomic E-state index is 4.53. The minimum absolute atomic E-state index is 0.861. The van der Waals surface area contributed by atoms with E-state index < -0.39 is 0 Å². The fraction of sp³-hybridized carbons (Fsp3) is 0.471. The Hall–Kier alpha value is -1.61. The van der Waals surface area contributed by atoms with E-state index in [1.807, 2.05) is 6.20 Å². The number of piperidine rings is 1. The number of fused-ring (bicyclic) bond motifs is 1. The molecule has 2 aromatic rings. The van der Waals surface area contributed by atoms with Crippen molar-refractivity contribution < 1.29 is 0 Å². The molecule has 1 aliphatic rings. The van der Waals surface area contributed by atoms with Crippen LogP contribution < -0.4 is 10.6 Å². The maximum Gasteiger partial charge on any atom is 0.134 e. The molecule has 3 rings (SSSR count). The predicted octanol–water partition coefficient (Wildman–Crippen LogP) is 3.34. The van der Waals surface area contributed by atoms with Gasteiger partial charge in [0.2, 0.25) is 0 Å². The van der Waals surface area contributed by atoms with Gasteiger partial charge in [-0.15, -0.1) is 0 Å². The van der Waals surface area contributed by atoms with Gasteiger partial charge in [-0.1, -0.05) is 18.2 Å². The lowest BCUT2D eigenvalue weighted by molar-refractivity contribution is 0.361. The number of rotatable bonds is 4. The van der Waals surface area contributed by atoms with Crippen LogP contribution in [-0.4, -0.2) is 24.6 Å². The van der Waals surface area contributed by atoms with Gasteiger partial charge >= 0.3 is 0 Å². The normalized spacial score (nSPS) is 16.4. The average molecular weight is 269 g/mol. The Morgan fingerprint density at radius 1 is 1.25 bits per heavy atom. The number of benzene rings is 1. The van der Waals surface area contributed by atoms with Gasteiger partial charge in [0.05, 0.1) is 0 Å². The van der Waals surface area contributed by atoms with Crippen molar-refractivity contribution in [2.24, 2.45) is 5.92 Å². The number of anilines is 1. The molecule has 0 aliphatic carbocycles. The van der Waals surface area contributed by atoms with Crippen molar-refractivity contribution in [3.8, 4) is 0 Å². The molecule has 1 aromatic carbocycles. The second-order valence-electron chi connectivity index (χ2n) is 5.74. The van der Waals surface area contributed by atoms with E-state index in [0.717, 1.165) is 18.3 Å². The highest BCUT2D eigenvalue weighted by atomic mass is 15.0. The van der Waals surface area contributed by atoms with E-state index in [1.165, 1.54) is 48.7 Å². The second-order valence-corrected chi connectivity index (χ2v) is 5.74. The van der Waals surface area contributed by atoms with Crippen molar-refractivity contribution in [1.29, 1.82) is 0 Å². The summed E-state index contributed by atoms with van der Waals surface area (Å²) in [6.45, 7) is 5.53. The van der Waals surface area contributed by atoms with E-state index in [9.17, 15) is 0 Å². The smallest absolute Gasteiger partial charge is 0.134 e. The SMILES string of the molecule is Cc1cccc2ccnc(NCCC3CCNCC3)c12. The Bertz CT molecular complexity index is 568. The van der Waals surface area contributed by atoms with E-state index >= 15 is 0 Å². The lowest BCUT2D eigenvalue weighted by Gasteiger charge is -2.22. The molecule has 0 atom stereocenters. The Morgan fingerprint density at radius 2 is 2.10 bits per heavy atom. The van der Waals surface area contributed by atoms with Gasteiger partial charge in [-0.25, -0.2) is 4.98 Å². The predicted molar refractivity (Wildman–Crippen MR) is 85.2 cm³/mol. The summed E-state index contributed by atoms with van der Waals surface area (Å²) in [7, 11) is 0. The number of aromatic nitrogens is 1. The lowest BCUT2D eigenvalue weighted by atomic mass is 9.95. The minimum Gasteiger partial charge on any atom is -0.370 e. The highest BCUT2D eigenvalue weighted by Gasteiger charge is 2.12. The molecule has 2 heterocycles. The van der Waals surface area contributed by atoms with Crippen LogP contribution in [0, 0.1) is 12.8 Å². The quantitative estimate of drug-likeness (QED) is 0.894. The lowest BCUT2D eigenvalue weighted by Crippen LogP contribution is -2.28. The van der Waals surface area contributed by atoms with E-state index in [2.05, 4.69) is 46.8 Å². The summed E-state index contributed by atoms with van der Waals surface area (Å²) in [5.74, 6) is 1.90. The first-order valence-electron chi connectivity index (χ1n) is 7.63. The molecule has 0 radical (unpaired) electrons. The fourth-order valence-corrected chi connectivity index (χ4v) is 3.11. The highest BCUT2D eigenvalue weighted by Crippen LogP contribution is 2.25. The Morgan fingerprint density at radius 3 is 2.95 bits per heavy atom. The topological polar surface area (TPSA) is 37.0 Å². The monoisotopic (exact) mass is 269 g/mol. The number of nitrogens with zero attached hydrogens (tertiary/aromatic N) is 1. The third kappa shape index (κ3) is 2.93. The summed E-state index contributed by atoms with van der Waals surface area (Å²) < 4.78 is 0. The van der Waals surface area contributed by atoms with Crippen LogP contribution in [0.15, 0.2) is 30.5 Å². The molecule has 1 aromatic heterocycles. The van der Waals surface area contributed by atoms with Crippen LogP contribution in [0.1, 0.15) is 24.8 Å². The van der Waals surface area contributed by atoms with Crippen LogP contribution in [-0.2, 0) is 0 Å². The molecule has 1 saturated heterocycles. The van der Waals surface area contributed by atoms with Crippen LogP contribution in [0.3, 0.4) is 0 Å². The van der Waals surface area contributed by atoms with E-state index in [0.29, 0.717) is 0 Å². The molecule has 1 aliphatic heterocycles. The molecule has 0 amide bonds. The summed E-state index contributed by atoms with van der Waals surface area (Å²) in [4.78, 5) is 4.53. The Labute approximate surface area is 120 Å². The van der Waals surface area contributed by atoms with Crippen molar-refractivity contribution >= 4 is 16.6 Å². The second kappa shape index (κ2) is 6.23. The number of hydrogen-bond acceptors (Lipinski definition) is 3. The van der Waals surface area contributed by atoms with Gasteiger partial charge in [0.25, 0.3) is 0 Å². The van der Waals surface area contributed by atoms with Crippen molar-refractivity contribution in [1.82, 2.24) is 10.3 Å². The number of aryl methyl sites for hydroxylation is 1. The molecule has 1 fully saturated rings. The Kier molecular flexibility index (Phi) is 4.16. The first-order valence-corrected chi connectivity index (χ1v) is 7.63. The number of pyridine rings is 1. The summed E-state index contributed by atoms with van der Waals surface area (Å²) in [6.07, 6.45) is 5.76. The highest BCUT2D eigenvalue weighted by molar-refractivity contribution is 5.94. The summed E-state index contributed by atoms with van der Waals surface area (Å²) in [5.41, 5.74) is 1.29. The number of nitrogens with one attached hydrogen (secondary N) is 2. The van der Waals surface area contributed by atoms with Gasteiger partial charge in [0.15, 0.2) is 0 Å². The van der Waals surface area contributed by atoms with Crippen molar-refractivity contribution in [2.75, 3.05) is 25.0 Å². The first-order chi connectivity index (χ1) is 9.84. The van der Waals surface area contributed by atoms with Crippen LogP contribution in [0.25, 0.3) is 10.8 Å². The molecule has 20 heavy (non-hydrogen) atoms. The van der Waals surface area contributed by atoms with Crippen LogP contribution in [0.2, 0.25) is 0 Å². The largest absolute Gasteiger partial charge is 0.370 e. The minimum atomic E-state index is 0.861. The van der Waals surface area contributed by atoms with Crippen molar-refractivity contribution in [3.63, 3.8) is 0 Å². The maximum absolute atomic E-state index is 4.53. The van der Waals surface area contributed by atoms with Gasteiger partial charge in [0, 0.05) is 18.1 Å². The fourth-order valence-electron chi connectivity index (χ4n) is 3.11. The van der Waals surface area contributed by atoms with Crippen LogP contribution in [0.4, 0.5) is 5.82 Å². The number of hydrogen-bond donors (Lipinski definition) is 2. The zero-order chi connectivity index (χ0) is 13.8. The third-order valence-electron chi connectivity index (χ3n) is 4.30. The van der Waals surface area contributed by atoms with E-state index in [-0.39, 0.29) is 0 Å². The van der Waals surface area contributed by atoms with E-state index in [4.69, 9.17) is 0 Å². The van der Waals surface area contributed by atoms with Gasteiger partial charge in [-0.2, -0.15) is 0 Å². The molecular weight excluding hydrogens is 246 g/mol. The molecule has 0 spiro atoms. The average Bonchev–Trinajstić information content (AvgIpc) is 2.49. The molecular formula is C17H23N3. The summed E-state index contributed by atoms with van der Waals surface area (Å²) >= 11 is 0. The van der Waals surface area contributed by atoms with E-state index in [1.54, 1.807) is 0 Å². The van der Waals surface area contributed by atoms with Gasteiger partial charge in [-0.3, -0.25) is 0 Å². The molecule has 0 bridgehead atoms. The first kappa shape index (κ1) is 13.4. The standard InChI is InChI=1S/C17H23N3/c1-13-3-2-4-15-8-12-20-17(16(13)15)19-11-7-14-5-9-18-10-6-14/h2-4,8,12,14,18H,5-7,9-11H2,1H3,(H,19,20). The Balaban J connectivity index is 1.68. The van der Waals surface area contributed by atoms with Gasteiger partial charge in [0.1, 0.15) is 5.82 Å². The van der Waals surface area contributed by atoms with Crippen LogP contribution in [0.5, 0.6) is 0 Å². The van der Waals surface area contributed by atoms with Gasteiger partial charge in [-0.05, 0) is 62.2 Å². The molecule has 3 nitrogen and oxygen atoms in total. The third-order valence-corrected chi connectivity index (χ3v) is 4.30. The van der Waals surface area contributed by atoms with Crippen LogP contribution >= 0.6 is 0 Å². The molecule has 0 saturated carbocycles. The summed E-state index contributed by atoms with van der Waals surface area (Å²) in [6, 6.07) is 8.50.